The molecule has 1 heterocycles. The summed E-state index contributed by atoms with van der Waals surface area (Å²) in [5.74, 6) is 1.31. The van der Waals surface area contributed by atoms with Crippen LogP contribution >= 0.6 is 11.8 Å². The summed E-state index contributed by atoms with van der Waals surface area (Å²) in [5, 5.41) is 50.4. The Bertz CT molecular complexity index is 1460. The molecule has 2 fully saturated rings. The number of amides is 1. The average Bonchev–Trinajstić information content (AvgIpc) is 4.02. The van der Waals surface area contributed by atoms with Crippen LogP contribution in [0.15, 0.2) is 65.8 Å². The van der Waals surface area contributed by atoms with Crippen LogP contribution in [0.25, 0.3) is 11.1 Å². The fourth-order valence-electron chi connectivity index (χ4n) is 5.28. The van der Waals surface area contributed by atoms with Crippen LogP contribution < -0.4 is 10.1 Å². The quantitative estimate of drug-likeness (QED) is 0.0889. The SMILES string of the molecule is Cc1ccc(SCCCC(=O)NC[C@H](O)[C@@H](O)[C@H](O)[C@H](O)CO)cc1COC1(c2cnccc2-c2ccccc2OC2CC2)CC1. The Balaban J connectivity index is 1.12. The fourth-order valence-corrected chi connectivity index (χ4v) is 6.19. The van der Waals surface area contributed by atoms with Crippen LogP contribution in [0.2, 0.25) is 0 Å². The zero-order valence-corrected chi connectivity index (χ0v) is 26.9. The van der Waals surface area contributed by atoms with Crippen molar-refractivity contribution >= 4 is 17.7 Å². The number of aryl methyl sites for hydroxylation is 1. The third kappa shape index (κ3) is 8.86. The second kappa shape index (κ2) is 15.7. The molecule has 1 amide bonds. The van der Waals surface area contributed by atoms with Crippen LogP contribution in [0.5, 0.6) is 5.75 Å². The monoisotopic (exact) mass is 652 g/mol. The number of aromatic nitrogens is 1. The molecule has 2 aliphatic carbocycles. The zero-order chi connectivity index (χ0) is 32.7. The largest absolute Gasteiger partial charge is 0.490 e. The molecule has 10 nitrogen and oxygen atoms in total. The smallest absolute Gasteiger partial charge is 0.220 e. The maximum absolute atomic E-state index is 12.2. The van der Waals surface area contributed by atoms with E-state index in [1.54, 1.807) is 11.8 Å². The lowest BCUT2D eigenvalue weighted by molar-refractivity contribution is -0.126. The van der Waals surface area contributed by atoms with Crippen LogP contribution in [-0.4, -0.2) is 85.8 Å². The first-order valence-corrected chi connectivity index (χ1v) is 16.9. The van der Waals surface area contributed by atoms with Crippen molar-refractivity contribution in [3.8, 4) is 16.9 Å². The standard InChI is InChI=1S/C35H44N2O8S/c1-22-8-11-25(46-16-4-7-32(41)37-19-29(39)33(42)34(43)30(40)20-38)17-23(22)21-44-35(13-14-35)28-18-36-15-12-26(28)27-5-2-3-6-31(27)45-24-9-10-24/h2-3,5-6,8,11-12,15,17-18,24,29-30,33-34,38-40,42-43H,4,7,9-10,13-14,16,19-21H2,1H3,(H,37,41)/t29-,30+,33+,34+/m0/s1. The highest BCUT2D eigenvalue weighted by atomic mass is 32.2. The maximum atomic E-state index is 12.2. The van der Waals surface area contributed by atoms with E-state index in [0.717, 1.165) is 64.1 Å². The van der Waals surface area contributed by atoms with Crippen molar-refractivity contribution in [3.63, 3.8) is 0 Å². The number of hydrogen-bond donors (Lipinski definition) is 6. The molecule has 0 radical (unpaired) electrons. The Morgan fingerprint density at radius 2 is 1.80 bits per heavy atom. The summed E-state index contributed by atoms with van der Waals surface area (Å²) in [6.07, 6.45) is 2.42. The maximum Gasteiger partial charge on any atom is 0.220 e. The molecule has 248 valence electrons. The summed E-state index contributed by atoms with van der Waals surface area (Å²) in [6, 6.07) is 16.5. The second-order valence-electron chi connectivity index (χ2n) is 12.2. The molecular formula is C35H44N2O8S. The molecule has 3 aromatic rings. The molecule has 0 unspecified atom stereocenters. The first kappa shape index (κ1) is 34.3. The van der Waals surface area contributed by atoms with Crippen molar-refractivity contribution < 1.29 is 39.8 Å². The fraction of sp³-hybridized carbons (Fsp3) is 0.486. The number of rotatable bonds is 18. The molecule has 1 aromatic heterocycles. The molecule has 2 saturated carbocycles. The van der Waals surface area contributed by atoms with Crippen molar-refractivity contribution in [1.82, 2.24) is 10.3 Å². The molecule has 2 aliphatic rings. The highest BCUT2D eigenvalue weighted by molar-refractivity contribution is 7.99. The Kier molecular flexibility index (Phi) is 11.7. The van der Waals surface area contributed by atoms with Crippen LogP contribution in [0.1, 0.15) is 55.2 Å². The van der Waals surface area contributed by atoms with Gasteiger partial charge in [-0.25, -0.2) is 0 Å². The van der Waals surface area contributed by atoms with Gasteiger partial charge in [0.1, 0.15) is 24.1 Å². The number of para-hydroxylation sites is 1. The molecular weight excluding hydrogens is 608 g/mol. The zero-order valence-electron chi connectivity index (χ0n) is 26.0. The summed E-state index contributed by atoms with van der Waals surface area (Å²) in [6.45, 7) is 1.50. The Morgan fingerprint density at radius 1 is 1.04 bits per heavy atom. The van der Waals surface area contributed by atoms with E-state index in [1.165, 1.54) is 0 Å². The number of thioether (sulfide) groups is 1. The number of aliphatic hydroxyl groups is 5. The number of pyridine rings is 1. The van der Waals surface area contributed by atoms with Gasteiger partial charge in [0.05, 0.1) is 31.0 Å². The van der Waals surface area contributed by atoms with Crippen LogP contribution in [0, 0.1) is 6.92 Å². The van der Waals surface area contributed by atoms with E-state index in [4.69, 9.17) is 14.6 Å². The molecule has 6 N–H and O–H groups in total. The van der Waals surface area contributed by atoms with Crippen molar-refractivity contribution in [2.45, 2.75) is 93.1 Å². The van der Waals surface area contributed by atoms with Crippen molar-refractivity contribution in [1.29, 1.82) is 0 Å². The number of nitrogens with zero attached hydrogens (tertiary/aromatic N) is 1. The lowest BCUT2D eigenvalue weighted by Gasteiger charge is -2.25. The molecule has 5 rings (SSSR count). The van der Waals surface area contributed by atoms with Crippen molar-refractivity contribution in [2.24, 2.45) is 0 Å². The Morgan fingerprint density at radius 3 is 2.54 bits per heavy atom. The second-order valence-corrected chi connectivity index (χ2v) is 13.3. The lowest BCUT2D eigenvalue weighted by Crippen LogP contribution is -2.49. The van der Waals surface area contributed by atoms with E-state index in [1.807, 2.05) is 30.6 Å². The highest BCUT2D eigenvalue weighted by Gasteiger charge is 2.47. The molecule has 0 aliphatic heterocycles. The normalized spacial score (nSPS) is 18.0. The summed E-state index contributed by atoms with van der Waals surface area (Å²) >= 11 is 1.65. The Hall–Kier alpha value is -3.03. The van der Waals surface area contributed by atoms with Gasteiger partial charge in [-0.3, -0.25) is 9.78 Å². The van der Waals surface area contributed by atoms with Gasteiger partial charge < -0.3 is 40.3 Å². The van der Waals surface area contributed by atoms with Gasteiger partial charge in [0, 0.05) is 41.4 Å². The van der Waals surface area contributed by atoms with E-state index in [2.05, 4.69) is 47.6 Å². The first-order valence-electron chi connectivity index (χ1n) is 15.9. The number of nitrogens with one attached hydrogen (secondary N) is 1. The van der Waals surface area contributed by atoms with Gasteiger partial charge in [0.15, 0.2) is 0 Å². The average molecular weight is 653 g/mol. The van der Waals surface area contributed by atoms with Crippen molar-refractivity contribution in [2.75, 3.05) is 18.9 Å². The molecule has 11 heteroatoms. The number of ether oxygens (including phenoxy) is 2. The van der Waals surface area contributed by atoms with Gasteiger partial charge in [0.2, 0.25) is 5.91 Å². The minimum atomic E-state index is -1.73. The Labute approximate surface area is 273 Å². The molecule has 0 spiro atoms. The number of carbonyl (C=O) groups is 1. The minimum absolute atomic E-state index is 0.226. The lowest BCUT2D eigenvalue weighted by atomic mass is 9.96. The summed E-state index contributed by atoms with van der Waals surface area (Å²) < 4.78 is 12.9. The molecule has 2 aromatic carbocycles. The molecule has 4 atom stereocenters. The van der Waals surface area contributed by atoms with Gasteiger partial charge in [-0.2, -0.15) is 0 Å². The minimum Gasteiger partial charge on any atom is -0.490 e. The van der Waals surface area contributed by atoms with Gasteiger partial charge >= 0.3 is 0 Å². The predicted octanol–water partition coefficient (Wildman–Crippen LogP) is 3.23. The number of hydrogen-bond acceptors (Lipinski definition) is 10. The molecule has 0 saturated heterocycles. The van der Waals surface area contributed by atoms with E-state index < -0.39 is 31.0 Å². The highest BCUT2D eigenvalue weighted by Crippen LogP contribution is 2.53. The molecule has 0 bridgehead atoms. The van der Waals surface area contributed by atoms with E-state index >= 15 is 0 Å². The third-order valence-electron chi connectivity index (χ3n) is 8.49. The van der Waals surface area contributed by atoms with E-state index in [-0.39, 0.29) is 24.5 Å². The van der Waals surface area contributed by atoms with E-state index in [0.29, 0.717) is 24.9 Å². The van der Waals surface area contributed by atoms with E-state index in [9.17, 15) is 25.2 Å². The number of benzene rings is 2. The summed E-state index contributed by atoms with van der Waals surface area (Å²) in [4.78, 5) is 17.8. The third-order valence-corrected chi connectivity index (χ3v) is 9.57. The van der Waals surface area contributed by atoms with Gasteiger partial charge in [0.25, 0.3) is 0 Å². The van der Waals surface area contributed by atoms with Gasteiger partial charge in [-0.1, -0.05) is 24.3 Å². The van der Waals surface area contributed by atoms with Crippen LogP contribution in [0.4, 0.5) is 0 Å². The molecule has 46 heavy (non-hydrogen) atoms. The van der Waals surface area contributed by atoms with Gasteiger partial charge in [-0.15, -0.1) is 11.8 Å². The van der Waals surface area contributed by atoms with Gasteiger partial charge in [-0.05, 0) is 85.7 Å². The van der Waals surface area contributed by atoms with Crippen LogP contribution in [0.3, 0.4) is 0 Å². The predicted molar refractivity (Wildman–Crippen MR) is 174 cm³/mol. The summed E-state index contributed by atoms with van der Waals surface area (Å²) in [5.41, 5.74) is 5.11. The topological polar surface area (TPSA) is 162 Å². The first-order chi connectivity index (χ1) is 22.2. The summed E-state index contributed by atoms with van der Waals surface area (Å²) in [7, 11) is 0. The number of aliphatic hydroxyl groups excluding tert-OH is 5. The van der Waals surface area contributed by atoms with Crippen LogP contribution in [-0.2, 0) is 21.7 Å². The van der Waals surface area contributed by atoms with Crippen molar-refractivity contribution in [3.05, 3.63) is 77.6 Å². The number of carbonyl (C=O) groups excluding carboxylic acids is 1.